The maximum absolute atomic E-state index is 11.6. The van der Waals surface area contributed by atoms with Crippen LogP contribution in [-0.2, 0) is 10.0 Å². The molecular formula is C8H6N2O4S2. The smallest absolute Gasteiger partial charge is 0.335 e. The number of nitrogens with zero attached hydrogens (tertiary/aromatic N) is 1. The van der Waals surface area contributed by atoms with Crippen molar-refractivity contribution >= 4 is 32.9 Å². The topological polar surface area (TPSA) is 110 Å². The largest absolute Gasteiger partial charge is 0.478 e. The van der Waals surface area contributed by atoms with Crippen LogP contribution in [0.3, 0.4) is 0 Å². The molecule has 0 amide bonds. The SMILES string of the molecule is NC1=NS(=O)(=O)c2cc(C(=O)O)ccc2S1. The first-order valence-electron chi connectivity index (χ1n) is 4.06. The van der Waals surface area contributed by atoms with Gasteiger partial charge >= 0.3 is 5.97 Å². The molecule has 6 nitrogen and oxygen atoms in total. The van der Waals surface area contributed by atoms with Crippen LogP contribution < -0.4 is 5.73 Å². The van der Waals surface area contributed by atoms with Crippen molar-refractivity contribution in [2.75, 3.05) is 0 Å². The molecule has 1 aliphatic rings. The van der Waals surface area contributed by atoms with Crippen LogP contribution in [0.15, 0.2) is 32.4 Å². The van der Waals surface area contributed by atoms with Crippen molar-refractivity contribution in [3.8, 4) is 0 Å². The number of hydrogen-bond acceptors (Lipinski definition) is 5. The maximum atomic E-state index is 11.6. The van der Waals surface area contributed by atoms with Gasteiger partial charge in [0.1, 0.15) is 4.90 Å². The number of carbonyl (C=O) groups is 1. The lowest BCUT2D eigenvalue weighted by Crippen LogP contribution is -2.16. The molecule has 0 saturated heterocycles. The fourth-order valence-electron chi connectivity index (χ4n) is 1.23. The van der Waals surface area contributed by atoms with Crippen LogP contribution in [0.4, 0.5) is 0 Å². The van der Waals surface area contributed by atoms with Gasteiger partial charge in [0.2, 0.25) is 0 Å². The average molecular weight is 258 g/mol. The van der Waals surface area contributed by atoms with Crippen LogP contribution in [-0.4, -0.2) is 24.7 Å². The molecule has 3 N–H and O–H groups in total. The van der Waals surface area contributed by atoms with Gasteiger partial charge in [0, 0.05) is 4.90 Å². The van der Waals surface area contributed by atoms with Gasteiger partial charge in [-0.2, -0.15) is 8.42 Å². The highest BCUT2D eigenvalue weighted by Crippen LogP contribution is 2.33. The molecule has 2 rings (SSSR count). The molecule has 0 aliphatic carbocycles. The zero-order valence-electron chi connectivity index (χ0n) is 7.75. The number of aromatic carboxylic acids is 1. The second-order valence-electron chi connectivity index (χ2n) is 2.97. The third-order valence-corrected chi connectivity index (χ3v) is 4.34. The van der Waals surface area contributed by atoms with Gasteiger partial charge in [-0.25, -0.2) is 4.79 Å². The van der Waals surface area contributed by atoms with E-state index in [0.29, 0.717) is 4.90 Å². The van der Waals surface area contributed by atoms with E-state index in [-0.39, 0.29) is 15.6 Å². The zero-order valence-corrected chi connectivity index (χ0v) is 9.38. The first kappa shape index (κ1) is 11.0. The van der Waals surface area contributed by atoms with Gasteiger partial charge in [-0.3, -0.25) is 0 Å². The van der Waals surface area contributed by atoms with Crippen molar-refractivity contribution in [3.05, 3.63) is 23.8 Å². The molecule has 8 heteroatoms. The molecule has 1 aromatic rings. The number of benzene rings is 1. The van der Waals surface area contributed by atoms with E-state index >= 15 is 0 Å². The van der Waals surface area contributed by atoms with Crippen molar-refractivity contribution in [1.82, 2.24) is 0 Å². The molecule has 0 aromatic heterocycles. The van der Waals surface area contributed by atoms with Crippen LogP contribution in [0.1, 0.15) is 10.4 Å². The second-order valence-corrected chi connectivity index (χ2v) is 5.61. The predicted molar refractivity (Wildman–Crippen MR) is 58.1 cm³/mol. The van der Waals surface area contributed by atoms with Crippen molar-refractivity contribution < 1.29 is 18.3 Å². The van der Waals surface area contributed by atoms with E-state index < -0.39 is 16.0 Å². The summed E-state index contributed by atoms with van der Waals surface area (Å²) >= 11 is 0.990. The standard InChI is InChI=1S/C8H6N2O4S2/c9-8-10-16(13,14)6-3-4(7(11)12)1-2-5(6)15-8/h1-3H,(H2,9,10)(H,11,12). The monoisotopic (exact) mass is 258 g/mol. The highest BCUT2D eigenvalue weighted by Gasteiger charge is 2.25. The first-order valence-corrected chi connectivity index (χ1v) is 6.31. The highest BCUT2D eigenvalue weighted by molar-refractivity contribution is 8.15. The number of fused-ring (bicyclic) bond motifs is 1. The summed E-state index contributed by atoms with van der Waals surface area (Å²) in [7, 11) is -3.87. The number of carboxylic acid groups (broad SMARTS) is 1. The molecule has 0 saturated carbocycles. The minimum atomic E-state index is -3.87. The Morgan fingerprint density at radius 1 is 1.44 bits per heavy atom. The lowest BCUT2D eigenvalue weighted by molar-refractivity contribution is 0.0696. The number of carboxylic acids is 1. The van der Waals surface area contributed by atoms with Crippen LogP contribution in [0, 0.1) is 0 Å². The van der Waals surface area contributed by atoms with E-state index in [4.69, 9.17) is 10.8 Å². The molecule has 0 radical (unpaired) electrons. The van der Waals surface area contributed by atoms with E-state index in [0.717, 1.165) is 17.8 Å². The fraction of sp³-hybridized carbons (Fsp3) is 0. The van der Waals surface area contributed by atoms with E-state index in [1.807, 2.05) is 0 Å². The molecule has 0 unspecified atom stereocenters. The molecule has 16 heavy (non-hydrogen) atoms. The second kappa shape index (κ2) is 3.49. The van der Waals surface area contributed by atoms with E-state index in [1.54, 1.807) is 0 Å². The molecule has 1 aromatic carbocycles. The quantitative estimate of drug-likeness (QED) is 0.758. The van der Waals surface area contributed by atoms with Gasteiger partial charge in [-0.05, 0) is 18.2 Å². The van der Waals surface area contributed by atoms with E-state index in [1.165, 1.54) is 12.1 Å². The van der Waals surface area contributed by atoms with Crippen LogP contribution in [0.25, 0.3) is 0 Å². The summed E-state index contributed by atoms with van der Waals surface area (Å²) in [6, 6.07) is 3.81. The molecule has 1 aliphatic heterocycles. The van der Waals surface area contributed by atoms with Gasteiger partial charge in [0.25, 0.3) is 10.0 Å². The Bertz CT molecular complexity index is 606. The normalized spacial score (nSPS) is 17.4. The Balaban J connectivity index is 2.68. The molecule has 1 heterocycles. The molecule has 0 bridgehead atoms. The van der Waals surface area contributed by atoms with Crippen molar-refractivity contribution in [2.45, 2.75) is 9.79 Å². The van der Waals surface area contributed by atoms with Gasteiger partial charge < -0.3 is 10.8 Å². The lowest BCUT2D eigenvalue weighted by atomic mass is 10.2. The fourth-order valence-corrected chi connectivity index (χ4v) is 3.56. The van der Waals surface area contributed by atoms with Gasteiger partial charge in [-0.1, -0.05) is 11.8 Å². The summed E-state index contributed by atoms with van der Waals surface area (Å²) in [4.78, 5) is 11.0. The minimum absolute atomic E-state index is 0.0735. The van der Waals surface area contributed by atoms with Crippen LogP contribution in [0.2, 0.25) is 0 Å². The summed E-state index contributed by atoms with van der Waals surface area (Å²) in [6.45, 7) is 0. The van der Waals surface area contributed by atoms with E-state index in [2.05, 4.69) is 4.40 Å². The predicted octanol–water partition coefficient (Wildman–Crippen LogP) is 0.494. The first-order chi connectivity index (χ1) is 7.40. The van der Waals surface area contributed by atoms with Crippen molar-refractivity contribution in [1.29, 1.82) is 0 Å². The van der Waals surface area contributed by atoms with Crippen molar-refractivity contribution in [3.63, 3.8) is 0 Å². The van der Waals surface area contributed by atoms with Crippen molar-refractivity contribution in [2.24, 2.45) is 10.1 Å². The van der Waals surface area contributed by atoms with E-state index in [9.17, 15) is 13.2 Å². The summed E-state index contributed by atoms with van der Waals surface area (Å²) in [6.07, 6.45) is 0. The summed E-state index contributed by atoms with van der Waals surface area (Å²) < 4.78 is 26.5. The van der Waals surface area contributed by atoms with Crippen LogP contribution in [0.5, 0.6) is 0 Å². The third kappa shape index (κ3) is 1.76. The van der Waals surface area contributed by atoms with Gasteiger partial charge in [-0.15, -0.1) is 4.40 Å². The number of nitrogens with two attached hydrogens (primary N) is 1. The minimum Gasteiger partial charge on any atom is -0.478 e. The Labute approximate surface area is 95.2 Å². The zero-order chi connectivity index (χ0) is 11.9. The maximum Gasteiger partial charge on any atom is 0.335 e. The summed E-state index contributed by atoms with van der Waals surface area (Å²) in [5, 5.41) is 8.67. The summed E-state index contributed by atoms with van der Waals surface area (Å²) in [5.41, 5.74) is 5.24. The number of hydrogen-bond donors (Lipinski definition) is 2. The average Bonchev–Trinajstić information content (AvgIpc) is 2.15. The summed E-state index contributed by atoms with van der Waals surface area (Å²) in [5.74, 6) is -1.19. The Hall–Kier alpha value is -1.54. The third-order valence-electron chi connectivity index (χ3n) is 1.89. The molecule has 0 spiro atoms. The Morgan fingerprint density at radius 3 is 2.75 bits per heavy atom. The Kier molecular flexibility index (Phi) is 2.39. The number of thioether (sulfide) groups is 1. The highest BCUT2D eigenvalue weighted by atomic mass is 32.2. The molecular weight excluding hydrogens is 252 g/mol. The molecule has 84 valence electrons. The van der Waals surface area contributed by atoms with Gasteiger partial charge in [0.15, 0.2) is 5.17 Å². The molecule has 0 fully saturated rings. The lowest BCUT2D eigenvalue weighted by Gasteiger charge is -2.12. The number of rotatable bonds is 1. The van der Waals surface area contributed by atoms with Gasteiger partial charge in [0.05, 0.1) is 5.56 Å². The number of amidine groups is 1. The Morgan fingerprint density at radius 2 is 2.12 bits per heavy atom. The van der Waals surface area contributed by atoms with Crippen LogP contribution >= 0.6 is 11.8 Å². The molecule has 0 atom stereocenters. The number of sulfonamides is 1.